The standard InChI is InChI=1S/C11H10FN3O/c12-8-3-1-2-4-9(8)15-11(16)10-5-7(13)6-14-10/h1-6,14H,13H2,(H,15,16). The van der Waals surface area contributed by atoms with Crippen LogP contribution in [0.5, 0.6) is 0 Å². The van der Waals surface area contributed by atoms with E-state index in [1.54, 1.807) is 12.1 Å². The molecule has 0 aliphatic carbocycles. The highest BCUT2D eigenvalue weighted by molar-refractivity contribution is 6.03. The minimum atomic E-state index is -0.477. The normalized spacial score (nSPS) is 10.1. The lowest BCUT2D eigenvalue weighted by Crippen LogP contribution is -2.13. The number of H-pyrrole nitrogens is 1. The van der Waals surface area contributed by atoms with Crippen molar-refractivity contribution in [3.8, 4) is 0 Å². The SMILES string of the molecule is Nc1c[nH]c(C(=O)Nc2ccccc2F)c1. The second-order valence-corrected chi connectivity index (χ2v) is 3.28. The molecule has 1 aromatic heterocycles. The Morgan fingerprint density at radius 3 is 2.75 bits per heavy atom. The van der Waals surface area contributed by atoms with Crippen LogP contribution >= 0.6 is 0 Å². The highest BCUT2D eigenvalue weighted by atomic mass is 19.1. The van der Waals surface area contributed by atoms with Gasteiger partial charge in [-0.15, -0.1) is 0 Å². The fourth-order valence-electron chi connectivity index (χ4n) is 1.29. The van der Waals surface area contributed by atoms with Gasteiger partial charge in [-0.2, -0.15) is 0 Å². The van der Waals surface area contributed by atoms with E-state index >= 15 is 0 Å². The van der Waals surface area contributed by atoms with Crippen LogP contribution in [-0.4, -0.2) is 10.9 Å². The maximum Gasteiger partial charge on any atom is 0.272 e. The summed E-state index contributed by atoms with van der Waals surface area (Å²) in [5.41, 5.74) is 6.34. The average molecular weight is 219 g/mol. The van der Waals surface area contributed by atoms with Crippen molar-refractivity contribution in [3.63, 3.8) is 0 Å². The molecule has 0 spiro atoms. The van der Waals surface area contributed by atoms with Crippen molar-refractivity contribution in [1.82, 2.24) is 4.98 Å². The van der Waals surface area contributed by atoms with E-state index in [2.05, 4.69) is 10.3 Å². The molecule has 0 unspecified atom stereocenters. The van der Waals surface area contributed by atoms with Gasteiger partial charge in [0.05, 0.1) is 5.69 Å². The Bertz CT molecular complexity index is 521. The number of nitrogens with one attached hydrogen (secondary N) is 2. The van der Waals surface area contributed by atoms with E-state index in [-0.39, 0.29) is 5.69 Å². The number of amides is 1. The fourth-order valence-corrected chi connectivity index (χ4v) is 1.29. The van der Waals surface area contributed by atoms with Crippen LogP contribution in [0.25, 0.3) is 0 Å². The highest BCUT2D eigenvalue weighted by Gasteiger charge is 2.09. The molecule has 4 N–H and O–H groups in total. The molecule has 1 aromatic carbocycles. The Balaban J connectivity index is 2.17. The third kappa shape index (κ3) is 2.03. The lowest BCUT2D eigenvalue weighted by atomic mass is 10.3. The third-order valence-electron chi connectivity index (χ3n) is 2.07. The number of aromatic nitrogens is 1. The fraction of sp³-hybridized carbons (Fsp3) is 0. The third-order valence-corrected chi connectivity index (χ3v) is 2.07. The molecule has 2 aromatic rings. The molecule has 0 aliphatic heterocycles. The van der Waals surface area contributed by atoms with Gasteiger partial charge < -0.3 is 16.0 Å². The molecule has 82 valence electrons. The number of para-hydroxylation sites is 1. The summed E-state index contributed by atoms with van der Waals surface area (Å²) >= 11 is 0. The van der Waals surface area contributed by atoms with Crippen LogP contribution in [0.3, 0.4) is 0 Å². The molecule has 0 radical (unpaired) electrons. The molecule has 0 saturated heterocycles. The molecule has 5 heteroatoms. The van der Waals surface area contributed by atoms with Crippen molar-refractivity contribution < 1.29 is 9.18 Å². The van der Waals surface area contributed by atoms with Crippen molar-refractivity contribution in [2.45, 2.75) is 0 Å². The monoisotopic (exact) mass is 219 g/mol. The van der Waals surface area contributed by atoms with E-state index < -0.39 is 11.7 Å². The number of carbonyl (C=O) groups excluding carboxylic acids is 1. The second kappa shape index (κ2) is 4.06. The maximum absolute atomic E-state index is 13.2. The largest absolute Gasteiger partial charge is 0.397 e. The van der Waals surface area contributed by atoms with E-state index in [0.717, 1.165) is 0 Å². The van der Waals surface area contributed by atoms with Crippen LogP contribution in [0.2, 0.25) is 0 Å². The summed E-state index contributed by atoms with van der Waals surface area (Å²) < 4.78 is 13.2. The number of rotatable bonds is 2. The molecule has 0 bridgehead atoms. The minimum absolute atomic E-state index is 0.140. The summed E-state index contributed by atoms with van der Waals surface area (Å²) in [5.74, 6) is -0.905. The van der Waals surface area contributed by atoms with E-state index in [1.807, 2.05) is 0 Å². The van der Waals surface area contributed by atoms with E-state index in [1.165, 1.54) is 24.4 Å². The summed E-state index contributed by atoms with van der Waals surface area (Å²) in [6.07, 6.45) is 1.50. The molecule has 1 amide bonds. The van der Waals surface area contributed by atoms with Gasteiger partial charge in [-0.25, -0.2) is 4.39 Å². The number of hydrogen-bond acceptors (Lipinski definition) is 2. The quantitative estimate of drug-likeness (QED) is 0.722. The Kier molecular flexibility index (Phi) is 2.59. The second-order valence-electron chi connectivity index (χ2n) is 3.28. The molecule has 2 rings (SSSR count). The van der Waals surface area contributed by atoms with Gasteiger partial charge in [0.15, 0.2) is 0 Å². The Morgan fingerprint density at radius 2 is 2.12 bits per heavy atom. The van der Waals surface area contributed by atoms with Crippen LogP contribution in [0.4, 0.5) is 15.8 Å². The average Bonchev–Trinajstić information content (AvgIpc) is 2.68. The van der Waals surface area contributed by atoms with Crippen molar-refractivity contribution in [2.75, 3.05) is 11.1 Å². The van der Waals surface area contributed by atoms with Crippen LogP contribution in [-0.2, 0) is 0 Å². The molecule has 0 atom stereocenters. The number of aromatic amines is 1. The summed E-state index contributed by atoms with van der Waals surface area (Å²) in [6, 6.07) is 7.44. The summed E-state index contributed by atoms with van der Waals surface area (Å²) in [4.78, 5) is 14.3. The Morgan fingerprint density at radius 1 is 1.38 bits per heavy atom. The van der Waals surface area contributed by atoms with E-state index in [9.17, 15) is 9.18 Å². The first-order valence-electron chi connectivity index (χ1n) is 4.66. The van der Waals surface area contributed by atoms with Gasteiger partial charge in [-0.05, 0) is 18.2 Å². The number of carbonyl (C=O) groups is 1. The molecular weight excluding hydrogens is 209 g/mol. The van der Waals surface area contributed by atoms with Gasteiger partial charge in [-0.1, -0.05) is 12.1 Å². The maximum atomic E-state index is 13.2. The van der Waals surface area contributed by atoms with E-state index in [0.29, 0.717) is 11.4 Å². The summed E-state index contributed by atoms with van der Waals surface area (Å²) in [6.45, 7) is 0. The first-order valence-corrected chi connectivity index (χ1v) is 4.66. The molecule has 0 fully saturated rings. The molecule has 0 aliphatic rings. The Labute approximate surface area is 91.3 Å². The van der Waals surface area contributed by atoms with Crippen LogP contribution in [0.15, 0.2) is 36.5 Å². The van der Waals surface area contributed by atoms with Crippen LogP contribution < -0.4 is 11.1 Å². The van der Waals surface area contributed by atoms with Gasteiger partial charge in [0.1, 0.15) is 11.5 Å². The number of hydrogen-bond donors (Lipinski definition) is 3. The molecule has 0 saturated carbocycles. The number of nitrogen functional groups attached to an aromatic ring is 1. The lowest BCUT2D eigenvalue weighted by molar-refractivity contribution is 0.102. The van der Waals surface area contributed by atoms with Gasteiger partial charge in [0, 0.05) is 11.9 Å². The van der Waals surface area contributed by atoms with Crippen LogP contribution in [0, 0.1) is 5.82 Å². The predicted molar refractivity (Wildman–Crippen MR) is 59.6 cm³/mol. The minimum Gasteiger partial charge on any atom is -0.397 e. The molecule has 16 heavy (non-hydrogen) atoms. The van der Waals surface area contributed by atoms with Crippen LogP contribution in [0.1, 0.15) is 10.5 Å². The van der Waals surface area contributed by atoms with Gasteiger partial charge in [0.2, 0.25) is 0 Å². The van der Waals surface area contributed by atoms with Gasteiger partial charge >= 0.3 is 0 Å². The lowest BCUT2D eigenvalue weighted by Gasteiger charge is -2.04. The summed E-state index contributed by atoms with van der Waals surface area (Å²) in [7, 11) is 0. The first-order chi connectivity index (χ1) is 7.66. The van der Waals surface area contributed by atoms with Crippen molar-refractivity contribution >= 4 is 17.3 Å². The zero-order valence-corrected chi connectivity index (χ0v) is 8.33. The first kappa shape index (κ1) is 10.2. The zero-order chi connectivity index (χ0) is 11.5. The zero-order valence-electron chi connectivity index (χ0n) is 8.33. The number of benzene rings is 1. The topological polar surface area (TPSA) is 70.9 Å². The molecule has 1 heterocycles. The highest BCUT2D eigenvalue weighted by Crippen LogP contribution is 2.14. The number of nitrogens with two attached hydrogens (primary N) is 1. The summed E-state index contributed by atoms with van der Waals surface area (Å²) in [5, 5.41) is 2.44. The molecule has 4 nitrogen and oxygen atoms in total. The van der Waals surface area contributed by atoms with Gasteiger partial charge in [0.25, 0.3) is 5.91 Å². The van der Waals surface area contributed by atoms with E-state index in [4.69, 9.17) is 5.73 Å². The Hall–Kier alpha value is -2.30. The van der Waals surface area contributed by atoms with Crippen molar-refractivity contribution in [3.05, 3.63) is 48.0 Å². The smallest absolute Gasteiger partial charge is 0.272 e. The number of halogens is 1. The predicted octanol–water partition coefficient (Wildman–Crippen LogP) is 1.99. The van der Waals surface area contributed by atoms with Crippen molar-refractivity contribution in [1.29, 1.82) is 0 Å². The van der Waals surface area contributed by atoms with Gasteiger partial charge in [-0.3, -0.25) is 4.79 Å². The number of anilines is 2. The molecular formula is C11H10FN3O. The van der Waals surface area contributed by atoms with Crippen molar-refractivity contribution in [2.24, 2.45) is 0 Å².